The van der Waals surface area contributed by atoms with Crippen LogP contribution < -0.4 is 0 Å². The van der Waals surface area contributed by atoms with E-state index in [1.54, 1.807) is 0 Å². The molecule has 4 rings (SSSR count). The molecule has 0 saturated heterocycles. The Balaban J connectivity index is 1.84. The second-order valence-corrected chi connectivity index (χ2v) is 5.86. The van der Waals surface area contributed by atoms with Crippen LogP contribution in [0, 0.1) is 0 Å². The van der Waals surface area contributed by atoms with Gasteiger partial charge in [0.25, 0.3) is 0 Å². The SMILES string of the molecule is Clc1ccc2nc(C3CCCc4ccccc43)[nH]c2c1. The van der Waals surface area contributed by atoms with E-state index in [2.05, 4.69) is 29.2 Å². The zero-order valence-corrected chi connectivity index (χ0v) is 11.8. The number of nitrogens with one attached hydrogen (secondary N) is 1. The lowest BCUT2D eigenvalue weighted by atomic mass is 9.82. The Kier molecular flexibility index (Phi) is 2.78. The second-order valence-electron chi connectivity index (χ2n) is 5.43. The number of H-pyrrole nitrogens is 1. The quantitative estimate of drug-likeness (QED) is 0.689. The highest BCUT2D eigenvalue weighted by atomic mass is 35.5. The highest BCUT2D eigenvalue weighted by Gasteiger charge is 2.23. The largest absolute Gasteiger partial charge is 0.341 e. The molecule has 20 heavy (non-hydrogen) atoms. The standard InChI is InChI=1S/C17H15ClN2/c18-12-8-9-15-16(10-12)20-17(19-15)14-7-3-5-11-4-1-2-6-13(11)14/h1-2,4,6,8-10,14H,3,5,7H2,(H,19,20). The molecular weight excluding hydrogens is 268 g/mol. The number of hydrogen-bond acceptors (Lipinski definition) is 1. The van der Waals surface area contributed by atoms with E-state index in [1.807, 2.05) is 18.2 Å². The molecule has 1 N–H and O–H groups in total. The minimum Gasteiger partial charge on any atom is -0.341 e. The average molecular weight is 283 g/mol. The number of nitrogens with zero attached hydrogens (tertiary/aromatic N) is 1. The van der Waals surface area contributed by atoms with Crippen molar-refractivity contribution in [2.45, 2.75) is 25.2 Å². The van der Waals surface area contributed by atoms with Crippen molar-refractivity contribution in [2.24, 2.45) is 0 Å². The summed E-state index contributed by atoms with van der Waals surface area (Å²) in [4.78, 5) is 8.21. The summed E-state index contributed by atoms with van der Waals surface area (Å²) in [6.45, 7) is 0. The van der Waals surface area contributed by atoms with Gasteiger partial charge in [-0.2, -0.15) is 0 Å². The van der Waals surface area contributed by atoms with E-state index in [-0.39, 0.29) is 0 Å². The summed E-state index contributed by atoms with van der Waals surface area (Å²) in [7, 11) is 0. The van der Waals surface area contributed by atoms with Crippen LogP contribution in [-0.2, 0) is 6.42 Å². The Morgan fingerprint density at radius 2 is 2.05 bits per heavy atom. The van der Waals surface area contributed by atoms with Gasteiger partial charge in [0.15, 0.2) is 0 Å². The molecule has 0 amide bonds. The van der Waals surface area contributed by atoms with Gasteiger partial charge >= 0.3 is 0 Å². The van der Waals surface area contributed by atoms with Gasteiger partial charge in [0.2, 0.25) is 0 Å². The molecule has 3 aromatic rings. The third-order valence-electron chi connectivity index (χ3n) is 4.16. The zero-order valence-electron chi connectivity index (χ0n) is 11.1. The first-order chi connectivity index (χ1) is 9.81. The number of fused-ring (bicyclic) bond motifs is 2. The molecule has 3 heteroatoms. The Morgan fingerprint density at radius 1 is 1.15 bits per heavy atom. The van der Waals surface area contributed by atoms with Crippen LogP contribution in [0.4, 0.5) is 0 Å². The van der Waals surface area contributed by atoms with Gasteiger partial charge in [0.05, 0.1) is 11.0 Å². The van der Waals surface area contributed by atoms with Gasteiger partial charge in [-0.05, 0) is 48.6 Å². The smallest absolute Gasteiger partial charge is 0.114 e. The Labute approximate surface area is 122 Å². The average Bonchev–Trinajstić information content (AvgIpc) is 2.89. The molecule has 1 aromatic heterocycles. The monoisotopic (exact) mass is 282 g/mol. The maximum atomic E-state index is 6.05. The molecule has 1 atom stereocenters. The number of imidazole rings is 1. The van der Waals surface area contributed by atoms with Crippen LogP contribution in [0.25, 0.3) is 11.0 Å². The lowest BCUT2D eigenvalue weighted by Gasteiger charge is -2.23. The summed E-state index contributed by atoms with van der Waals surface area (Å²) < 4.78 is 0. The molecule has 2 aromatic carbocycles. The highest BCUT2D eigenvalue weighted by molar-refractivity contribution is 6.31. The van der Waals surface area contributed by atoms with Gasteiger partial charge in [0.1, 0.15) is 5.82 Å². The fraction of sp³-hybridized carbons (Fsp3) is 0.235. The van der Waals surface area contributed by atoms with Crippen molar-refractivity contribution in [3.05, 3.63) is 64.4 Å². The predicted octanol–water partition coefficient (Wildman–Crippen LogP) is 4.68. The van der Waals surface area contributed by atoms with Crippen LogP contribution in [0.3, 0.4) is 0 Å². The molecular formula is C17H15ClN2. The van der Waals surface area contributed by atoms with Crippen molar-refractivity contribution in [1.29, 1.82) is 0 Å². The van der Waals surface area contributed by atoms with Gasteiger partial charge < -0.3 is 4.98 Å². The van der Waals surface area contributed by atoms with Crippen LogP contribution in [0.5, 0.6) is 0 Å². The third-order valence-corrected chi connectivity index (χ3v) is 4.40. The van der Waals surface area contributed by atoms with E-state index >= 15 is 0 Å². The first kappa shape index (κ1) is 12.0. The Hall–Kier alpha value is -1.80. The van der Waals surface area contributed by atoms with E-state index in [0.717, 1.165) is 28.3 Å². The van der Waals surface area contributed by atoms with Crippen LogP contribution in [0.15, 0.2) is 42.5 Å². The van der Waals surface area contributed by atoms with Crippen LogP contribution >= 0.6 is 11.6 Å². The normalized spacial score (nSPS) is 18.1. The maximum absolute atomic E-state index is 6.05. The van der Waals surface area contributed by atoms with Crippen molar-refractivity contribution in [1.82, 2.24) is 9.97 Å². The van der Waals surface area contributed by atoms with Crippen molar-refractivity contribution in [3.8, 4) is 0 Å². The number of aryl methyl sites for hydroxylation is 1. The van der Waals surface area contributed by atoms with Gasteiger partial charge in [0, 0.05) is 10.9 Å². The first-order valence-electron chi connectivity index (χ1n) is 7.04. The topological polar surface area (TPSA) is 28.7 Å². The number of rotatable bonds is 1. The first-order valence-corrected chi connectivity index (χ1v) is 7.42. The van der Waals surface area contributed by atoms with E-state index in [9.17, 15) is 0 Å². The maximum Gasteiger partial charge on any atom is 0.114 e. The summed E-state index contributed by atoms with van der Waals surface area (Å²) in [6.07, 6.45) is 3.56. The van der Waals surface area contributed by atoms with Crippen molar-refractivity contribution < 1.29 is 0 Å². The minimum absolute atomic E-state index is 0.381. The van der Waals surface area contributed by atoms with Gasteiger partial charge in [-0.3, -0.25) is 0 Å². The number of benzene rings is 2. The summed E-state index contributed by atoms with van der Waals surface area (Å²) >= 11 is 6.05. The Morgan fingerprint density at radius 3 is 3.00 bits per heavy atom. The van der Waals surface area contributed by atoms with Crippen LogP contribution in [-0.4, -0.2) is 9.97 Å². The molecule has 0 saturated carbocycles. The molecule has 1 heterocycles. The number of hydrogen-bond donors (Lipinski definition) is 1. The number of halogens is 1. The molecule has 0 bridgehead atoms. The molecule has 2 nitrogen and oxygen atoms in total. The summed E-state index contributed by atoms with van der Waals surface area (Å²) in [5, 5.41) is 0.747. The highest BCUT2D eigenvalue weighted by Crippen LogP contribution is 2.36. The molecule has 1 aliphatic rings. The van der Waals surface area contributed by atoms with Gasteiger partial charge in [-0.25, -0.2) is 4.98 Å². The predicted molar refractivity (Wildman–Crippen MR) is 82.3 cm³/mol. The molecule has 0 aliphatic heterocycles. The second kappa shape index (κ2) is 4.64. The fourth-order valence-electron chi connectivity index (χ4n) is 3.20. The summed E-state index contributed by atoms with van der Waals surface area (Å²) in [5.41, 5.74) is 4.90. The lowest BCUT2D eigenvalue weighted by Crippen LogP contribution is -2.12. The van der Waals surface area contributed by atoms with Crippen LogP contribution in [0.1, 0.15) is 35.7 Å². The molecule has 100 valence electrons. The number of aromatic amines is 1. The molecule has 0 fully saturated rings. The van der Waals surface area contributed by atoms with E-state index in [4.69, 9.17) is 16.6 Å². The van der Waals surface area contributed by atoms with Gasteiger partial charge in [-0.15, -0.1) is 0 Å². The minimum atomic E-state index is 0.381. The van der Waals surface area contributed by atoms with Crippen molar-refractivity contribution in [3.63, 3.8) is 0 Å². The Bertz CT molecular complexity index is 776. The van der Waals surface area contributed by atoms with E-state index < -0.39 is 0 Å². The molecule has 0 radical (unpaired) electrons. The van der Waals surface area contributed by atoms with E-state index in [0.29, 0.717) is 5.92 Å². The molecule has 1 aliphatic carbocycles. The summed E-state index contributed by atoms with van der Waals surface area (Å²) in [6, 6.07) is 14.5. The fourth-order valence-corrected chi connectivity index (χ4v) is 3.38. The summed E-state index contributed by atoms with van der Waals surface area (Å²) in [5.74, 6) is 1.44. The number of aromatic nitrogens is 2. The molecule has 0 spiro atoms. The zero-order chi connectivity index (χ0) is 13.5. The van der Waals surface area contributed by atoms with Gasteiger partial charge in [-0.1, -0.05) is 35.9 Å². The molecule has 1 unspecified atom stereocenters. The third kappa shape index (κ3) is 1.92. The lowest BCUT2D eigenvalue weighted by molar-refractivity contribution is 0.596. The van der Waals surface area contributed by atoms with Crippen LogP contribution in [0.2, 0.25) is 5.02 Å². The van der Waals surface area contributed by atoms with Crippen molar-refractivity contribution >= 4 is 22.6 Å². The van der Waals surface area contributed by atoms with Crippen molar-refractivity contribution in [2.75, 3.05) is 0 Å². The van der Waals surface area contributed by atoms with E-state index in [1.165, 1.54) is 24.0 Å².